The summed E-state index contributed by atoms with van der Waals surface area (Å²) in [5.41, 5.74) is 2.01. The molecule has 0 saturated heterocycles. The summed E-state index contributed by atoms with van der Waals surface area (Å²) in [7, 11) is -0.906. The molecule has 0 aromatic rings. The molecule has 1 atom stereocenters. The molecule has 0 aliphatic heterocycles. The first-order valence-corrected chi connectivity index (χ1v) is 10.3. The second-order valence-electron chi connectivity index (χ2n) is 6.34. The summed E-state index contributed by atoms with van der Waals surface area (Å²) >= 11 is 0. The Morgan fingerprint density at radius 2 is 1.67 bits per heavy atom. The summed E-state index contributed by atoms with van der Waals surface area (Å²) in [6.07, 6.45) is 12.7. The zero-order chi connectivity index (χ0) is 14.2. The van der Waals surface area contributed by atoms with Crippen LogP contribution in [0.5, 0.6) is 0 Å². The largest absolute Gasteiger partial charge is 0.108 e. The molecular formula is C17H32P+. The summed E-state index contributed by atoms with van der Waals surface area (Å²) in [6.45, 7) is 18.2. The van der Waals surface area contributed by atoms with Crippen LogP contribution in [0, 0.1) is 5.92 Å². The summed E-state index contributed by atoms with van der Waals surface area (Å²) in [5.74, 6) is 0.626. The van der Waals surface area contributed by atoms with Crippen molar-refractivity contribution in [2.45, 2.75) is 45.7 Å². The molecule has 0 nitrogen and oxygen atoms in total. The molecule has 0 radical (unpaired) electrons. The average molecular weight is 267 g/mol. The van der Waals surface area contributed by atoms with E-state index in [9.17, 15) is 0 Å². The molecule has 0 aliphatic rings. The van der Waals surface area contributed by atoms with Gasteiger partial charge in [0.05, 0.1) is 0 Å². The van der Waals surface area contributed by atoms with Crippen molar-refractivity contribution in [3.8, 4) is 0 Å². The van der Waals surface area contributed by atoms with Gasteiger partial charge in [-0.05, 0) is 30.4 Å². The van der Waals surface area contributed by atoms with Crippen LogP contribution >= 0.6 is 7.26 Å². The van der Waals surface area contributed by atoms with Crippen LogP contribution in [0.3, 0.4) is 0 Å². The normalized spacial score (nSPS) is 14.8. The zero-order valence-electron chi connectivity index (χ0n) is 13.2. The van der Waals surface area contributed by atoms with Crippen molar-refractivity contribution in [2.75, 3.05) is 20.0 Å². The maximum Gasteiger partial charge on any atom is 0.108 e. The van der Waals surface area contributed by atoms with E-state index in [-0.39, 0.29) is 0 Å². The van der Waals surface area contributed by atoms with E-state index in [1.807, 2.05) is 0 Å². The van der Waals surface area contributed by atoms with Crippen molar-refractivity contribution in [3.05, 3.63) is 36.5 Å². The second kappa shape index (κ2) is 8.70. The molecular weight excluding hydrogens is 235 g/mol. The predicted octanol–water partition coefficient (Wildman–Crippen LogP) is 5.78. The molecule has 0 rings (SSSR count). The van der Waals surface area contributed by atoms with Crippen LogP contribution in [0.15, 0.2) is 36.5 Å². The Labute approximate surface area is 116 Å². The van der Waals surface area contributed by atoms with E-state index in [0.29, 0.717) is 11.6 Å². The lowest BCUT2D eigenvalue weighted by molar-refractivity contribution is 0.778. The van der Waals surface area contributed by atoms with Crippen LogP contribution in [0.4, 0.5) is 0 Å². The van der Waals surface area contributed by atoms with E-state index in [0.717, 1.165) is 0 Å². The smallest absolute Gasteiger partial charge is 0.0956 e. The van der Waals surface area contributed by atoms with E-state index in [1.165, 1.54) is 24.8 Å². The third-order valence-electron chi connectivity index (χ3n) is 3.00. The molecule has 0 N–H and O–H groups in total. The molecule has 0 amide bonds. The van der Waals surface area contributed by atoms with Gasteiger partial charge in [0.1, 0.15) is 5.66 Å². The molecule has 0 bridgehead atoms. The molecule has 0 fully saturated rings. The van der Waals surface area contributed by atoms with Crippen LogP contribution in [0.2, 0.25) is 0 Å². The predicted molar refractivity (Wildman–Crippen MR) is 90.3 cm³/mol. The quantitative estimate of drug-likeness (QED) is 0.297. The summed E-state index contributed by atoms with van der Waals surface area (Å²) in [6, 6.07) is 0. The first kappa shape index (κ1) is 17.6. The number of allylic oxidation sites excluding steroid dienone is 5. The highest BCUT2D eigenvalue weighted by molar-refractivity contribution is 7.74. The van der Waals surface area contributed by atoms with Gasteiger partial charge in [-0.15, -0.1) is 0 Å². The molecule has 104 valence electrons. The standard InChI is InChI=1S/C17H32P/c1-8-9-13-16(4)17(18(5,6)7)14-11-10-12-15(2)3/h10-12,14-15,17H,4,8-9,13H2,1-3,5-7H3/q+1/b12-10-,14-11?. The van der Waals surface area contributed by atoms with Crippen molar-refractivity contribution in [2.24, 2.45) is 5.92 Å². The molecule has 18 heavy (non-hydrogen) atoms. The van der Waals surface area contributed by atoms with Crippen LogP contribution < -0.4 is 0 Å². The summed E-state index contributed by atoms with van der Waals surface area (Å²) in [4.78, 5) is 0. The molecule has 0 heterocycles. The lowest BCUT2D eigenvalue weighted by atomic mass is 10.1. The lowest BCUT2D eigenvalue weighted by Gasteiger charge is -2.23. The first-order chi connectivity index (χ1) is 8.29. The van der Waals surface area contributed by atoms with Gasteiger partial charge in [-0.25, -0.2) is 0 Å². The van der Waals surface area contributed by atoms with Crippen molar-refractivity contribution < 1.29 is 0 Å². The number of hydrogen-bond acceptors (Lipinski definition) is 0. The van der Waals surface area contributed by atoms with Crippen molar-refractivity contribution in [1.82, 2.24) is 0 Å². The van der Waals surface area contributed by atoms with Gasteiger partial charge < -0.3 is 0 Å². The second-order valence-corrected chi connectivity index (χ2v) is 11.1. The highest BCUT2D eigenvalue weighted by atomic mass is 31.2. The minimum atomic E-state index is -0.906. The van der Waals surface area contributed by atoms with E-state index < -0.39 is 7.26 Å². The maximum absolute atomic E-state index is 4.33. The van der Waals surface area contributed by atoms with Crippen molar-refractivity contribution >= 4 is 7.26 Å². The fourth-order valence-electron chi connectivity index (χ4n) is 1.95. The third-order valence-corrected chi connectivity index (χ3v) is 5.21. The monoisotopic (exact) mass is 267 g/mol. The Hall–Kier alpha value is -0.350. The van der Waals surface area contributed by atoms with Gasteiger partial charge in [0.2, 0.25) is 0 Å². The molecule has 0 spiro atoms. The average Bonchev–Trinajstić information content (AvgIpc) is 2.23. The molecule has 0 aliphatic carbocycles. The van der Waals surface area contributed by atoms with Gasteiger partial charge in [0, 0.05) is 27.3 Å². The van der Waals surface area contributed by atoms with Crippen molar-refractivity contribution in [1.29, 1.82) is 0 Å². The van der Waals surface area contributed by atoms with Crippen LogP contribution in [-0.2, 0) is 0 Å². The minimum Gasteiger partial charge on any atom is -0.0956 e. The molecule has 1 unspecified atom stereocenters. The highest BCUT2D eigenvalue weighted by Crippen LogP contribution is 2.55. The molecule has 0 saturated carbocycles. The van der Waals surface area contributed by atoms with Gasteiger partial charge in [0.15, 0.2) is 0 Å². The number of rotatable bonds is 8. The maximum atomic E-state index is 4.33. The Morgan fingerprint density at radius 3 is 2.11 bits per heavy atom. The van der Waals surface area contributed by atoms with Crippen LogP contribution in [0.1, 0.15) is 40.0 Å². The van der Waals surface area contributed by atoms with E-state index >= 15 is 0 Å². The van der Waals surface area contributed by atoms with Gasteiger partial charge in [0.25, 0.3) is 0 Å². The van der Waals surface area contributed by atoms with Crippen LogP contribution in [0.25, 0.3) is 0 Å². The first-order valence-electron chi connectivity index (χ1n) is 7.12. The van der Waals surface area contributed by atoms with Gasteiger partial charge in [-0.3, -0.25) is 0 Å². The lowest BCUT2D eigenvalue weighted by Crippen LogP contribution is -2.11. The fraction of sp³-hybridized carbons (Fsp3) is 0.647. The van der Waals surface area contributed by atoms with Gasteiger partial charge >= 0.3 is 0 Å². The van der Waals surface area contributed by atoms with Crippen molar-refractivity contribution in [3.63, 3.8) is 0 Å². The summed E-state index contributed by atoms with van der Waals surface area (Å²) in [5, 5.41) is 0. The SMILES string of the molecule is C=C(CCCC)C(C=C/C=C\C(C)C)[P+](C)(C)C. The Balaban J connectivity index is 4.65. The zero-order valence-corrected chi connectivity index (χ0v) is 14.1. The Bertz CT molecular complexity index is 289. The topological polar surface area (TPSA) is 0 Å². The Morgan fingerprint density at radius 1 is 1.11 bits per heavy atom. The third kappa shape index (κ3) is 7.88. The summed E-state index contributed by atoms with van der Waals surface area (Å²) < 4.78 is 0. The number of unbranched alkanes of at least 4 members (excludes halogenated alkanes) is 1. The molecule has 0 aromatic carbocycles. The Kier molecular flexibility index (Phi) is 8.53. The number of hydrogen-bond donors (Lipinski definition) is 0. The minimum absolute atomic E-state index is 0.584. The molecule has 0 aromatic heterocycles. The molecule has 1 heteroatoms. The van der Waals surface area contributed by atoms with Crippen LogP contribution in [-0.4, -0.2) is 25.7 Å². The van der Waals surface area contributed by atoms with E-state index in [1.54, 1.807) is 0 Å². The highest BCUT2D eigenvalue weighted by Gasteiger charge is 2.30. The van der Waals surface area contributed by atoms with Gasteiger partial charge in [-0.1, -0.05) is 52.0 Å². The van der Waals surface area contributed by atoms with E-state index in [4.69, 9.17) is 0 Å². The van der Waals surface area contributed by atoms with Gasteiger partial charge in [-0.2, -0.15) is 0 Å². The van der Waals surface area contributed by atoms with E-state index in [2.05, 4.69) is 71.6 Å². The fourth-order valence-corrected chi connectivity index (χ4v) is 3.79.